The number of allylic oxidation sites excluding steroid dienone is 1. The van der Waals surface area contributed by atoms with Crippen molar-refractivity contribution in [3.8, 4) is 0 Å². The zero-order valence-electron chi connectivity index (χ0n) is 20.3. The summed E-state index contributed by atoms with van der Waals surface area (Å²) in [5.41, 5.74) is 1.54. The van der Waals surface area contributed by atoms with Crippen LogP contribution in [0.5, 0.6) is 0 Å². The predicted molar refractivity (Wildman–Crippen MR) is 130 cm³/mol. The number of unbranched alkanes of at least 4 members (excludes halogenated alkanes) is 3. The molecule has 10 nitrogen and oxygen atoms in total. The highest BCUT2D eigenvalue weighted by atomic mass is 16.3. The molecule has 1 aromatic heterocycles. The van der Waals surface area contributed by atoms with Gasteiger partial charge in [-0.25, -0.2) is 4.68 Å². The molecule has 188 valence electrons. The van der Waals surface area contributed by atoms with Crippen LogP contribution in [-0.4, -0.2) is 69.0 Å². The van der Waals surface area contributed by atoms with E-state index in [1.54, 1.807) is 16.6 Å². The molecule has 0 bridgehead atoms. The largest absolute Gasteiger partial charge is 0.396 e. The Hall–Kier alpha value is -3.27. The molecule has 0 spiro atoms. The van der Waals surface area contributed by atoms with E-state index >= 15 is 0 Å². The molecular weight excluding hydrogens is 448 g/mol. The Kier molecular flexibility index (Phi) is 7.80. The average Bonchev–Trinajstić information content (AvgIpc) is 3.40. The first kappa shape index (κ1) is 24.8. The van der Waals surface area contributed by atoms with Gasteiger partial charge in [-0.1, -0.05) is 49.3 Å². The molecule has 0 saturated carbocycles. The van der Waals surface area contributed by atoms with E-state index < -0.39 is 17.9 Å². The zero-order chi connectivity index (χ0) is 24.9. The highest BCUT2D eigenvalue weighted by molar-refractivity contribution is 5.96. The van der Waals surface area contributed by atoms with Gasteiger partial charge in [0.05, 0.1) is 17.4 Å². The van der Waals surface area contributed by atoms with Crippen LogP contribution in [0.25, 0.3) is 11.0 Å². The van der Waals surface area contributed by atoms with Gasteiger partial charge in [0.25, 0.3) is 0 Å². The van der Waals surface area contributed by atoms with E-state index in [2.05, 4.69) is 20.9 Å². The molecule has 2 heterocycles. The molecule has 1 fully saturated rings. The van der Waals surface area contributed by atoms with Crippen LogP contribution in [0, 0.1) is 23.7 Å². The normalized spacial score (nSPS) is 25.6. The standard InChI is InChI=1S/C25H34N6O4/c1-16-11-12-17-21(20(16)23(33)26-2)25(35)30(13-7-3-4-8-14-32)22(17)24(34)27-15-31-19-10-6-5-9-18(19)28-29-31/h5-6,9-12,16-17,20-22,32H,3-4,7-8,13-15H2,1-2H3,(H,26,33)(H,27,34)/t16-,17+,20-,21+,22+/m1/s1. The Bertz CT molecular complexity index is 1100. The van der Waals surface area contributed by atoms with Gasteiger partial charge in [0.1, 0.15) is 18.2 Å². The fourth-order valence-corrected chi connectivity index (χ4v) is 5.44. The highest BCUT2D eigenvalue weighted by Crippen LogP contribution is 2.44. The molecule has 5 atom stereocenters. The third-order valence-electron chi connectivity index (χ3n) is 7.22. The number of aliphatic hydroxyl groups is 1. The Labute approximate surface area is 204 Å². The summed E-state index contributed by atoms with van der Waals surface area (Å²) in [6, 6.07) is 6.80. The number of aromatic nitrogens is 3. The molecule has 1 aliphatic heterocycles. The smallest absolute Gasteiger partial charge is 0.244 e. The fraction of sp³-hybridized carbons (Fsp3) is 0.560. The van der Waals surface area contributed by atoms with Crippen LogP contribution in [0.4, 0.5) is 0 Å². The van der Waals surface area contributed by atoms with E-state index in [-0.39, 0.29) is 42.8 Å². The number of hydrogen-bond donors (Lipinski definition) is 3. The SMILES string of the molecule is CNC(=O)[C@H]1[C@H]2C(=O)N(CCCCCCO)[C@H](C(=O)NCn3nnc4ccccc43)[C@H]2C=C[C@H]1C. The van der Waals surface area contributed by atoms with Gasteiger partial charge < -0.3 is 20.6 Å². The Morgan fingerprint density at radius 2 is 1.86 bits per heavy atom. The number of fused-ring (bicyclic) bond motifs is 2. The maximum absolute atomic E-state index is 13.6. The molecule has 10 heteroatoms. The number of benzene rings is 1. The summed E-state index contributed by atoms with van der Waals surface area (Å²) >= 11 is 0. The van der Waals surface area contributed by atoms with Crippen molar-refractivity contribution in [2.45, 2.75) is 45.3 Å². The van der Waals surface area contributed by atoms with Crippen LogP contribution < -0.4 is 10.6 Å². The summed E-state index contributed by atoms with van der Waals surface area (Å²) in [5, 5.41) is 22.9. The van der Waals surface area contributed by atoms with Gasteiger partial charge in [-0.15, -0.1) is 5.10 Å². The number of para-hydroxylation sites is 1. The Morgan fingerprint density at radius 1 is 1.09 bits per heavy atom. The van der Waals surface area contributed by atoms with E-state index in [0.717, 1.165) is 30.3 Å². The highest BCUT2D eigenvalue weighted by Gasteiger charge is 2.56. The minimum absolute atomic E-state index is 0.102. The van der Waals surface area contributed by atoms with Gasteiger partial charge >= 0.3 is 0 Å². The topological polar surface area (TPSA) is 129 Å². The number of nitrogens with zero attached hydrogens (tertiary/aromatic N) is 4. The lowest BCUT2D eigenvalue weighted by Crippen LogP contribution is -2.48. The van der Waals surface area contributed by atoms with Crippen molar-refractivity contribution in [1.82, 2.24) is 30.5 Å². The summed E-state index contributed by atoms with van der Waals surface area (Å²) in [5.74, 6) is -2.17. The second-order valence-electron chi connectivity index (χ2n) is 9.38. The first-order valence-electron chi connectivity index (χ1n) is 12.3. The summed E-state index contributed by atoms with van der Waals surface area (Å²) < 4.78 is 1.62. The molecule has 0 radical (unpaired) electrons. The van der Waals surface area contributed by atoms with E-state index in [9.17, 15) is 14.4 Å². The van der Waals surface area contributed by atoms with E-state index in [4.69, 9.17) is 5.11 Å². The lowest BCUT2D eigenvalue weighted by atomic mass is 9.70. The van der Waals surface area contributed by atoms with Crippen LogP contribution in [0.2, 0.25) is 0 Å². The van der Waals surface area contributed by atoms with Crippen molar-refractivity contribution in [3.63, 3.8) is 0 Å². The second-order valence-corrected chi connectivity index (χ2v) is 9.38. The molecule has 1 aromatic carbocycles. The van der Waals surface area contributed by atoms with Crippen molar-refractivity contribution >= 4 is 28.8 Å². The Morgan fingerprint density at radius 3 is 2.63 bits per heavy atom. The summed E-state index contributed by atoms with van der Waals surface area (Å²) in [6.45, 7) is 2.64. The monoisotopic (exact) mass is 482 g/mol. The first-order chi connectivity index (χ1) is 17.0. The maximum atomic E-state index is 13.6. The number of likely N-dealkylation sites (tertiary alicyclic amines) is 1. The predicted octanol–water partition coefficient (Wildman–Crippen LogP) is 1.07. The molecule has 2 aromatic rings. The van der Waals surface area contributed by atoms with Gasteiger partial charge in [0, 0.05) is 26.1 Å². The minimum atomic E-state index is -0.698. The zero-order valence-corrected chi connectivity index (χ0v) is 20.3. The third-order valence-corrected chi connectivity index (χ3v) is 7.22. The van der Waals surface area contributed by atoms with Crippen LogP contribution in [0.3, 0.4) is 0 Å². The quantitative estimate of drug-likeness (QED) is 0.343. The fourth-order valence-electron chi connectivity index (χ4n) is 5.44. The molecule has 2 aliphatic rings. The summed E-state index contributed by atoms with van der Waals surface area (Å²) in [6.07, 6.45) is 7.04. The van der Waals surface area contributed by atoms with Gasteiger partial charge in [0.15, 0.2) is 0 Å². The van der Waals surface area contributed by atoms with Crippen LogP contribution >= 0.6 is 0 Å². The van der Waals surface area contributed by atoms with Crippen LogP contribution in [-0.2, 0) is 21.1 Å². The lowest BCUT2D eigenvalue weighted by molar-refractivity contribution is -0.140. The van der Waals surface area contributed by atoms with E-state index in [1.165, 1.54) is 0 Å². The van der Waals surface area contributed by atoms with Crippen LogP contribution in [0.1, 0.15) is 32.6 Å². The molecule has 35 heavy (non-hydrogen) atoms. The van der Waals surface area contributed by atoms with Crippen molar-refractivity contribution in [2.24, 2.45) is 23.7 Å². The number of amides is 3. The molecule has 1 saturated heterocycles. The molecule has 1 aliphatic carbocycles. The molecule has 4 rings (SSSR count). The van der Waals surface area contributed by atoms with Crippen molar-refractivity contribution in [1.29, 1.82) is 0 Å². The van der Waals surface area contributed by atoms with Crippen molar-refractivity contribution < 1.29 is 19.5 Å². The summed E-state index contributed by atoms with van der Waals surface area (Å²) in [7, 11) is 1.58. The van der Waals surface area contributed by atoms with Gasteiger partial charge in [-0.2, -0.15) is 0 Å². The number of hydrogen-bond acceptors (Lipinski definition) is 6. The van der Waals surface area contributed by atoms with Crippen molar-refractivity contribution in [3.05, 3.63) is 36.4 Å². The second kappa shape index (κ2) is 11.0. The van der Waals surface area contributed by atoms with Gasteiger partial charge in [-0.05, 0) is 30.9 Å². The number of carbonyl (C=O) groups is 3. The molecule has 3 N–H and O–H groups in total. The maximum Gasteiger partial charge on any atom is 0.244 e. The van der Waals surface area contributed by atoms with E-state index in [1.807, 2.05) is 43.3 Å². The Balaban J connectivity index is 1.55. The summed E-state index contributed by atoms with van der Waals surface area (Å²) in [4.78, 5) is 41.5. The number of aliphatic hydroxyl groups excluding tert-OH is 1. The average molecular weight is 483 g/mol. The minimum Gasteiger partial charge on any atom is -0.396 e. The molecular formula is C25H34N6O4. The first-order valence-corrected chi connectivity index (χ1v) is 12.3. The third kappa shape index (κ3) is 4.93. The molecule has 0 unspecified atom stereocenters. The lowest BCUT2D eigenvalue weighted by Gasteiger charge is -2.32. The van der Waals surface area contributed by atoms with Gasteiger partial charge in [0.2, 0.25) is 17.7 Å². The number of rotatable bonds is 10. The van der Waals surface area contributed by atoms with Gasteiger partial charge in [-0.3, -0.25) is 14.4 Å². The number of nitrogens with one attached hydrogen (secondary N) is 2. The van der Waals surface area contributed by atoms with E-state index in [0.29, 0.717) is 13.0 Å². The van der Waals surface area contributed by atoms with Crippen molar-refractivity contribution in [2.75, 3.05) is 20.2 Å². The van der Waals surface area contributed by atoms with Crippen LogP contribution in [0.15, 0.2) is 36.4 Å². The molecule has 3 amide bonds. The number of carbonyl (C=O) groups excluding carboxylic acids is 3.